The highest BCUT2D eigenvalue weighted by atomic mass is 35.5. The van der Waals surface area contributed by atoms with Crippen LogP contribution in [0, 0.1) is 23.7 Å². The molecule has 0 spiro atoms. The summed E-state index contributed by atoms with van der Waals surface area (Å²) >= 11 is 6.14. The summed E-state index contributed by atoms with van der Waals surface area (Å²) in [5, 5.41) is 9.81. The Balaban J connectivity index is 1.33. The molecule has 50 heavy (non-hydrogen) atoms. The second kappa shape index (κ2) is 12.7. The number of aliphatic hydroxyl groups excluding tert-OH is 1. The lowest BCUT2D eigenvalue weighted by atomic mass is 9.44. The minimum Gasteiger partial charge on any atom is -0.491 e. The van der Waals surface area contributed by atoms with Crippen molar-refractivity contribution in [3.63, 3.8) is 0 Å². The summed E-state index contributed by atoms with van der Waals surface area (Å²) in [6, 6.07) is 32.8. The van der Waals surface area contributed by atoms with E-state index in [2.05, 4.69) is 6.08 Å². The van der Waals surface area contributed by atoms with Gasteiger partial charge in [0.05, 0.1) is 29.5 Å². The fourth-order valence-corrected chi connectivity index (χ4v) is 9.14. The molecule has 0 bridgehead atoms. The van der Waals surface area contributed by atoms with E-state index in [-0.39, 0.29) is 43.0 Å². The van der Waals surface area contributed by atoms with Gasteiger partial charge in [0, 0.05) is 22.4 Å². The van der Waals surface area contributed by atoms with Crippen molar-refractivity contribution in [2.24, 2.45) is 23.7 Å². The van der Waals surface area contributed by atoms with Crippen molar-refractivity contribution in [3.8, 4) is 5.75 Å². The van der Waals surface area contributed by atoms with E-state index in [0.29, 0.717) is 34.0 Å². The molecule has 3 aliphatic carbocycles. The number of Topliss-reactive ketones (excluding diaryl/α,β-unsaturated/α-hetero) is 1. The van der Waals surface area contributed by atoms with Gasteiger partial charge in [0.2, 0.25) is 11.8 Å². The summed E-state index contributed by atoms with van der Waals surface area (Å²) in [7, 11) is 0. The van der Waals surface area contributed by atoms with Crippen molar-refractivity contribution in [2.75, 3.05) is 18.1 Å². The Bertz CT molecular complexity index is 2060. The Hall–Kier alpha value is -5.11. The predicted octanol–water partition coefficient (Wildman–Crippen LogP) is 6.74. The number of ether oxygens (including phenoxy) is 1. The van der Waals surface area contributed by atoms with Gasteiger partial charge in [0.25, 0.3) is 0 Å². The molecule has 1 N–H and O–H groups in total. The number of fused-ring (bicyclic) bond motifs is 4. The lowest BCUT2D eigenvalue weighted by molar-refractivity contribution is -0.135. The number of benzene rings is 4. The van der Waals surface area contributed by atoms with Gasteiger partial charge in [-0.05, 0) is 77.9 Å². The van der Waals surface area contributed by atoms with Gasteiger partial charge < -0.3 is 9.84 Å². The van der Waals surface area contributed by atoms with Crippen molar-refractivity contribution < 1.29 is 29.0 Å². The van der Waals surface area contributed by atoms with Crippen LogP contribution < -0.4 is 9.64 Å². The molecule has 1 aliphatic heterocycles. The Kier molecular flexibility index (Phi) is 8.13. The Morgan fingerprint density at radius 2 is 1.48 bits per heavy atom. The SMILES string of the molecule is O=C1C(c2ccccc2)=CC(=O)C2(c3ccccc3)C1CC1C(=CCC3C(=O)N(c4ccc(Cl)cc4)C(=O)C31)C2c1ccc(OCCO)cc1. The maximum absolute atomic E-state index is 15.1. The number of ketones is 2. The van der Waals surface area contributed by atoms with Crippen LogP contribution in [0.1, 0.15) is 35.4 Å². The molecule has 8 rings (SSSR count). The maximum Gasteiger partial charge on any atom is 0.238 e. The lowest BCUT2D eigenvalue weighted by Gasteiger charge is -2.55. The van der Waals surface area contributed by atoms with E-state index in [1.807, 2.05) is 72.8 Å². The molecule has 6 unspecified atom stereocenters. The van der Waals surface area contributed by atoms with Crippen LogP contribution in [-0.2, 0) is 24.6 Å². The van der Waals surface area contributed by atoms with E-state index >= 15 is 9.59 Å². The molecule has 0 radical (unpaired) electrons. The summed E-state index contributed by atoms with van der Waals surface area (Å²) in [6.07, 6.45) is 4.14. The van der Waals surface area contributed by atoms with Crippen molar-refractivity contribution in [1.29, 1.82) is 0 Å². The van der Waals surface area contributed by atoms with Gasteiger partial charge in [-0.3, -0.25) is 24.1 Å². The third-order valence-corrected chi connectivity index (χ3v) is 11.3. The van der Waals surface area contributed by atoms with Crippen LogP contribution in [0.25, 0.3) is 5.57 Å². The van der Waals surface area contributed by atoms with Crippen LogP contribution >= 0.6 is 11.6 Å². The van der Waals surface area contributed by atoms with Crippen molar-refractivity contribution in [1.82, 2.24) is 0 Å². The Morgan fingerprint density at radius 3 is 2.16 bits per heavy atom. The first-order valence-corrected chi connectivity index (χ1v) is 17.3. The van der Waals surface area contributed by atoms with Gasteiger partial charge in [-0.1, -0.05) is 96.0 Å². The number of carbonyl (C=O) groups excluding carboxylic acids is 4. The van der Waals surface area contributed by atoms with Gasteiger partial charge in [0.15, 0.2) is 11.6 Å². The first kappa shape index (κ1) is 32.1. The molecule has 4 aliphatic rings. The van der Waals surface area contributed by atoms with Crippen LogP contribution in [0.2, 0.25) is 5.02 Å². The summed E-state index contributed by atoms with van der Waals surface area (Å²) in [5.41, 5.74) is 2.61. The molecular formula is C42H34ClNO6. The van der Waals surface area contributed by atoms with Crippen LogP contribution in [0.3, 0.4) is 0 Å². The molecule has 1 saturated carbocycles. The second-order valence-corrected chi connectivity index (χ2v) is 13.9. The predicted molar refractivity (Wildman–Crippen MR) is 190 cm³/mol. The average molecular weight is 684 g/mol. The highest BCUT2D eigenvalue weighted by Crippen LogP contribution is 2.63. The minimum absolute atomic E-state index is 0.132. The third kappa shape index (κ3) is 4.90. The van der Waals surface area contributed by atoms with E-state index < -0.39 is 35.0 Å². The summed E-state index contributed by atoms with van der Waals surface area (Å²) < 4.78 is 5.67. The molecule has 0 aromatic heterocycles. The smallest absolute Gasteiger partial charge is 0.238 e. The molecule has 2 fully saturated rings. The molecule has 4 aromatic carbocycles. The van der Waals surface area contributed by atoms with Crippen LogP contribution in [0.4, 0.5) is 5.69 Å². The number of rotatable bonds is 7. The van der Waals surface area contributed by atoms with E-state index in [1.54, 1.807) is 36.4 Å². The van der Waals surface area contributed by atoms with Crippen LogP contribution in [0.15, 0.2) is 127 Å². The fourth-order valence-electron chi connectivity index (χ4n) is 9.01. The highest BCUT2D eigenvalue weighted by Gasteiger charge is 2.66. The monoisotopic (exact) mass is 683 g/mol. The number of halogens is 1. The molecule has 1 heterocycles. The van der Waals surface area contributed by atoms with Crippen molar-refractivity contribution >= 4 is 46.2 Å². The lowest BCUT2D eigenvalue weighted by Crippen LogP contribution is -2.58. The molecule has 6 atom stereocenters. The van der Waals surface area contributed by atoms with Crippen molar-refractivity contribution in [3.05, 3.63) is 149 Å². The van der Waals surface area contributed by atoms with Crippen molar-refractivity contribution in [2.45, 2.75) is 24.2 Å². The second-order valence-electron chi connectivity index (χ2n) is 13.4. The first-order chi connectivity index (χ1) is 24.3. The van der Waals surface area contributed by atoms with Gasteiger partial charge in [0.1, 0.15) is 12.4 Å². The summed E-state index contributed by atoms with van der Waals surface area (Å²) in [6.45, 7) is 0.00216. The number of carbonyl (C=O) groups is 4. The maximum atomic E-state index is 15.1. The molecule has 250 valence electrons. The van der Waals surface area contributed by atoms with E-state index in [9.17, 15) is 14.7 Å². The van der Waals surface area contributed by atoms with Gasteiger partial charge in [-0.15, -0.1) is 0 Å². The highest BCUT2D eigenvalue weighted by molar-refractivity contribution is 6.32. The zero-order valence-corrected chi connectivity index (χ0v) is 27.8. The Labute approximate surface area is 294 Å². The molecule has 7 nitrogen and oxygen atoms in total. The number of nitrogens with zero attached hydrogens (tertiary/aromatic N) is 1. The average Bonchev–Trinajstić information content (AvgIpc) is 3.41. The summed E-state index contributed by atoms with van der Waals surface area (Å²) in [4.78, 5) is 59.8. The zero-order chi connectivity index (χ0) is 34.6. The molecule has 2 amide bonds. The number of hydrogen-bond donors (Lipinski definition) is 1. The molecule has 1 saturated heterocycles. The standard InChI is InChI=1S/C42H34ClNO6/c43-28-13-15-29(16-14-28)44-40(48)32-20-19-31-34(37(32)41(44)49)23-35-39(47)33(25-7-3-1-4-8-25)24-36(46)42(35,27-9-5-2-6-10-27)38(31)26-11-17-30(18-12-26)50-22-21-45/h1-19,24,32,34-35,37-38,45H,20-23H2. The Morgan fingerprint density at radius 1 is 0.800 bits per heavy atom. The van der Waals surface area contributed by atoms with E-state index in [4.69, 9.17) is 16.3 Å². The van der Waals surface area contributed by atoms with Gasteiger partial charge >= 0.3 is 0 Å². The normalized spacial score (nSPS) is 27.2. The largest absolute Gasteiger partial charge is 0.491 e. The number of amides is 2. The number of anilines is 1. The molecule has 8 heteroatoms. The third-order valence-electron chi connectivity index (χ3n) is 11.0. The topological polar surface area (TPSA) is 101 Å². The first-order valence-electron chi connectivity index (χ1n) is 16.9. The van der Waals surface area contributed by atoms with Crippen LogP contribution in [-0.4, -0.2) is 41.7 Å². The van der Waals surface area contributed by atoms with E-state index in [0.717, 1.165) is 16.7 Å². The summed E-state index contributed by atoms with van der Waals surface area (Å²) in [5.74, 6) is -3.52. The number of aliphatic hydroxyl groups is 1. The zero-order valence-electron chi connectivity index (χ0n) is 27.1. The van der Waals surface area contributed by atoms with E-state index in [1.165, 1.54) is 11.0 Å². The minimum atomic E-state index is -1.30. The fraction of sp³-hybridized carbons (Fsp3) is 0.238. The number of hydrogen-bond acceptors (Lipinski definition) is 6. The van der Waals surface area contributed by atoms with Gasteiger partial charge in [-0.2, -0.15) is 0 Å². The molecule has 4 aromatic rings. The van der Waals surface area contributed by atoms with Gasteiger partial charge in [-0.25, -0.2) is 0 Å². The number of allylic oxidation sites excluding steroid dienone is 4. The molecular weight excluding hydrogens is 650 g/mol. The quantitative estimate of drug-likeness (QED) is 0.171. The number of imide groups is 1. The van der Waals surface area contributed by atoms with Crippen LogP contribution in [0.5, 0.6) is 5.75 Å².